The van der Waals surface area contributed by atoms with E-state index in [1.54, 1.807) is 0 Å². The molecule has 3 nitrogen and oxygen atoms in total. The molecule has 22 heavy (non-hydrogen) atoms. The van der Waals surface area contributed by atoms with Crippen molar-refractivity contribution in [3.05, 3.63) is 35.0 Å². The van der Waals surface area contributed by atoms with E-state index in [2.05, 4.69) is 31.1 Å². The van der Waals surface area contributed by atoms with Crippen molar-refractivity contribution in [2.24, 2.45) is 5.92 Å². The van der Waals surface area contributed by atoms with Gasteiger partial charge in [-0.15, -0.1) is 0 Å². The molecule has 0 saturated carbocycles. The van der Waals surface area contributed by atoms with Crippen LogP contribution in [0.2, 0.25) is 5.02 Å². The van der Waals surface area contributed by atoms with Gasteiger partial charge >= 0.3 is 0 Å². The van der Waals surface area contributed by atoms with Gasteiger partial charge in [0.05, 0.1) is 4.88 Å². The Kier molecular flexibility index (Phi) is 4.93. The number of thiazole rings is 1. The zero-order valence-electron chi connectivity index (χ0n) is 13.5. The summed E-state index contributed by atoms with van der Waals surface area (Å²) in [4.78, 5) is 17.9. The summed E-state index contributed by atoms with van der Waals surface area (Å²) in [5.74, 6) is -0.0289. The number of rotatable bonds is 4. The van der Waals surface area contributed by atoms with E-state index >= 15 is 0 Å². The minimum absolute atomic E-state index is 0.0585. The van der Waals surface area contributed by atoms with Crippen LogP contribution in [-0.2, 0) is 0 Å². The van der Waals surface area contributed by atoms with E-state index in [0.717, 1.165) is 15.6 Å². The molecule has 0 bridgehead atoms. The Labute approximate surface area is 140 Å². The zero-order chi connectivity index (χ0) is 16.5. The van der Waals surface area contributed by atoms with Crippen molar-refractivity contribution in [3.63, 3.8) is 0 Å². The highest BCUT2D eigenvalue weighted by molar-refractivity contribution is 7.19. The maximum Gasteiger partial charge on any atom is 0.185 e. The van der Waals surface area contributed by atoms with Crippen LogP contribution >= 0.6 is 22.9 Å². The molecule has 2 rings (SSSR count). The lowest BCUT2D eigenvalue weighted by atomic mass is 10.0. The van der Waals surface area contributed by atoms with E-state index in [4.69, 9.17) is 11.6 Å². The van der Waals surface area contributed by atoms with Crippen LogP contribution < -0.4 is 5.32 Å². The zero-order valence-corrected chi connectivity index (χ0v) is 15.1. The number of halogens is 1. The Morgan fingerprint density at radius 3 is 2.32 bits per heavy atom. The molecule has 0 radical (unpaired) electrons. The van der Waals surface area contributed by atoms with Gasteiger partial charge in [0, 0.05) is 16.5 Å². The average Bonchev–Trinajstić information content (AvgIpc) is 2.80. The second kappa shape index (κ2) is 6.39. The van der Waals surface area contributed by atoms with Gasteiger partial charge in [0.1, 0.15) is 5.69 Å². The molecule has 0 aliphatic rings. The SMILES string of the molecule is CC(C)C(=O)c1nc(NC(C)(C)C)sc1-c1ccc(Cl)cc1. The lowest BCUT2D eigenvalue weighted by Gasteiger charge is -2.19. The average molecular weight is 337 g/mol. The number of benzene rings is 1. The lowest BCUT2D eigenvalue weighted by Crippen LogP contribution is -2.26. The van der Waals surface area contributed by atoms with Crippen LogP contribution in [0.15, 0.2) is 24.3 Å². The van der Waals surface area contributed by atoms with Gasteiger partial charge in [0.2, 0.25) is 0 Å². The predicted octanol–water partition coefficient (Wildman–Crippen LogP) is 5.51. The van der Waals surface area contributed by atoms with Gasteiger partial charge in [-0.3, -0.25) is 4.79 Å². The van der Waals surface area contributed by atoms with E-state index in [1.165, 1.54) is 11.3 Å². The predicted molar refractivity (Wildman–Crippen MR) is 95.1 cm³/mol. The van der Waals surface area contributed by atoms with E-state index in [0.29, 0.717) is 10.7 Å². The van der Waals surface area contributed by atoms with Gasteiger partial charge < -0.3 is 5.32 Å². The van der Waals surface area contributed by atoms with Crippen LogP contribution in [0.5, 0.6) is 0 Å². The largest absolute Gasteiger partial charge is 0.357 e. The monoisotopic (exact) mass is 336 g/mol. The van der Waals surface area contributed by atoms with E-state index in [-0.39, 0.29) is 17.2 Å². The topological polar surface area (TPSA) is 42.0 Å². The fraction of sp³-hybridized carbons (Fsp3) is 0.412. The molecule has 1 heterocycles. The van der Waals surface area contributed by atoms with Crippen molar-refractivity contribution in [2.45, 2.75) is 40.2 Å². The molecule has 0 amide bonds. The normalized spacial score (nSPS) is 11.8. The molecule has 0 saturated heterocycles. The molecule has 0 aliphatic carbocycles. The third kappa shape index (κ3) is 4.08. The molecule has 1 aromatic carbocycles. The highest BCUT2D eigenvalue weighted by atomic mass is 35.5. The summed E-state index contributed by atoms with van der Waals surface area (Å²) < 4.78 is 0. The lowest BCUT2D eigenvalue weighted by molar-refractivity contribution is 0.0936. The van der Waals surface area contributed by atoms with E-state index in [1.807, 2.05) is 38.1 Å². The Morgan fingerprint density at radius 1 is 1.23 bits per heavy atom. The second-order valence-electron chi connectivity index (χ2n) is 6.60. The maximum absolute atomic E-state index is 12.5. The quantitative estimate of drug-likeness (QED) is 0.748. The smallest absolute Gasteiger partial charge is 0.185 e. The third-order valence-electron chi connectivity index (χ3n) is 2.97. The Morgan fingerprint density at radius 2 is 1.82 bits per heavy atom. The van der Waals surface area contributed by atoms with Crippen molar-refractivity contribution in [3.8, 4) is 10.4 Å². The van der Waals surface area contributed by atoms with Crippen LogP contribution in [0.3, 0.4) is 0 Å². The molecule has 0 atom stereocenters. The van der Waals surface area contributed by atoms with Crippen molar-refractivity contribution in [1.29, 1.82) is 0 Å². The molecule has 5 heteroatoms. The summed E-state index contributed by atoms with van der Waals surface area (Å²) in [6.07, 6.45) is 0. The first kappa shape index (κ1) is 17.0. The molecular formula is C17H21ClN2OS. The number of Topliss-reactive ketones (excluding diaryl/α,β-unsaturated/α-hetero) is 1. The number of nitrogens with zero attached hydrogens (tertiary/aromatic N) is 1. The van der Waals surface area contributed by atoms with Crippen molar-refractivity contribution in [2.75, 3.05) is 5.32 Å². The maximum atomic E-state index is 12.5. The highest BCUT2D eigenvalue weighted by Crippen LogP contribution is 2.35. The third-order valence-corrected chi connectivity index (χ3v) is 4.25. The number of carbonyl (C=O) groups is 1. The van der Waals surface area contributed by atoms with Gasteiger partial charge in [-0.2, -0.15) is 0 Å². The molecule has 1 N–H and O–H groups in total. The molecular weight excluding hydrogens is 316 g/mol. The molecule has 0 unspecified atom stereocenters. The molecule has 118 valence electrons. The van der Waals surface area contributed by atoms with Gasteiger partial charge in [0.25, 0.3) is 0 Å². The second-order valence-corrected chi connectivity index (χ2v) is 8.03. The number of aromatic nitrogens is 1. The first-order valence-electron chi connectivity index (χ1n) is 7.26. The minimum atomic E-state index is -0.104. The van der Waals surface area contributed by atoms with E-state index < -0.39 is 0 Å². The first-order chi connectivity index (χ1) is 10.2. The van der Waals surface area contributed by atoms with Gasteiger partial charge in [-0.1, -0.05) is 48.9 Å². The Bertz CT molecular complexity index is 669. The fourth-order valence-electron chi connectivity index (χ4n) is 1.93. The number of carbonyl (C=O) groups excluding carboxylic acids is 1. The van der Waals surface area contributed by atoms with Crippen LogP contribution in [-0.4, -0.2) is 16.3 Å². The minimum Gasteiger partial charge on any atom is -0.357 e. The number of ketones is 1. The van der Waals surface area contributed by atoms with Crippen molar-refractivity contribution in [1.82, 2.24) is 4.98 Å². The standard InChI is InChI=1S/C17H21ClN2OS/c1-10(2)14(21)13-15(11-6-8-12(18)9-7-11)22-16(19-13)20-17(3,4)5/h6-10H,1-5H3,(H,19,20). The summed E-state index contributed by atoms with van der Waals surface area (Å²) >= 11 is 7.46. The number of anilines is 1. The summed E-state index contributed by atoms with van der Waals surface area (Å²) in [7, 11) is 0. The molecule has 0 aliphatic heterocycles. The Balaban J connectivity index is 2.50. The Hall–Kier alpha value is -1.39. The van der Waals surface area contributed by atoms with Crippen molar-refractivity contribution < 1.29 is 4.79 Å². The number of hydrogen-bond acceptors (Lipinski definition) is 4. The van der Waals surface area contributed by atoms with Crippen LogP contribution in [0, 0.1) is 5.92 Å². The number of hydrogen-bond donors (Lipinski definition) is 1. The fourth-order valence-corrected chi connectivity index (χ4v) is 3.24. The summed E-state index contributed by atoms with van der Waals surface area (Å²) in [6, 6.07) is 7.51. The van der Waals surface area contributed by atoms with E-state index in [9.17, 15) is 4.79 Å². The molecule has 2 aromatic rings. The van der Waals surface area contributed by atoms with Gasteiger partial charge in [-0.25, -0.2) is 4.98 Å². The van der Waals surface area contributed by atoms with Gasteiger partial charge in [0.15, 0.2) is 10.9 Å². The van der Waals surface area contributed by atoms with Gasteiger partial charge in [-0.05, 0) is 38.5 Å². The summed E-state index contributed by atoms with van der Waals surface area (Å²) in [5, 5.41) is 4.79. The van der Waals surface area contributed by atoms with Crippen LogP contribution in [0.4, 0.5) is 5.13 Å². The highest BCUT2D eigenvalue weighted by Gasteiger charge is 2.23. The van der Waals surface area contributed by atoms with Crippen molar-refractivity contribution >= 4 is 33.9 Å². The van der Waals surface area contributed by atoms with Crippen LogP contribution in [0.25, 0.3) is 10.4 Å². The molecule has 0 spiro atoms. The molecule has 1 aromatic heterocycles. The summed E-state index contributed by atoms with van der Waals surface area (Å²) in [6.45, 7) is 10.00. The van der Waals surface area contributed by atoms with Crippen LogP contribution in [0.1, 0.15) is 45.1 Å². The first-order valence-corrected chi connectivity index (χ1v) is 8.46. The molecule has 0 fully saturated rings. The number of nitrogens with one attached hydrogen (secondary N) is 1. The summed E-state index contributed by atoms with van der Waals surface area (Å²) in [5.41, 5.74) is 1.40.